The lowest BCUT2D eigenvalue weighted by Crippen LogP contribution is -2.07. The van der Waals surface area contributed by atoms with Crippen LogP contribution in [0.3, 0.4) is 0 Å². The Hall–Kier alpha value is -0.780. The summed E-state index contributed by atoms with van der Waals surface area (Å²) in [6, 6.07) is 1.79. The number of ether oxygens (including phenoxy) is 2. The molecule has 5 heteroatoms. The minimum atomic E-state index is -0.0755. The molecule has 1 aromatic rings. The first-order valence-electron chi connectivity index (χ1n) is 4.88. The lowest BCUT2D eigenvalue weighted by molar-refractivity contribution is 0.0693. The molecule has 84 valence electrons. The molecule has 0 saturated heterocycles. The van der Waals surface area contributed by atoms with Crippen LogP contribution in [0.25, 0.3) is 0 Å². The largest absolute Gasteiger partial charge is 0.378 e. The molecular weight excluding hydrogens is 212 g/mol. The van der Waals surface area contributed by atoms with Gasteiger partial charge in [-0.25, -0.2) is 4.98 Å². The Morgan fingerprint density at radius 3 is 2.93 bits per heavy atom. The Kier molecular flexibility index (Phi) is 4.87. The average Bonchev–Trinajstić information content (AvgIpc) is 2.17. The molecule has 0 aliphatic carbocycles. The number of nitrogens with one attached hydrogen (secondary N) is 1. The van der Waals surface area contributed by atoms with Gasteiger partial charge in [0.2, 0.25) is 0 Å². The number of methoxy groups -OCH3 is 1. The fourth-order valence-electron chi connectivity index (χ4n) is 1.28. The molecule has 0 fully saturated rings. The molecule has 0 amide bonds. The normalized spacial score (nSPS) is 12.7. The number of hydrogen-bond donors (Lipinski definition) is 1. The maximum absolute atomic E-state index is 5.44. The van der Waals surface area contributed by atoms with Crippen molar-refractivity contribution < 1.29 is 9.47 Å². The maximum atomic E-state index is 5.44. The lowest BCUT2D eigenvalue weighted by Gasteiger charge is -2.12. The molecule has 0 aliphatic rings. The molecule has 15 heavy (non-hydrogen) atoms. The van der Waals surface area contributed by atoms with Gasteiger partial charge in [0.25, 0.3) is 0 Å². The first kappa shape index (κ1) is 12.3. The van der Waals surface area contributed by atoms with E-state index in [1.807, 2.05) is 13.8 Å². The van der Waals surface area contributed by atoms with Crippen molar-refractivity contribution in [1.82, 2.24) is 9.97 Å². The smallest absolute Gasteiger partial charge is 0.136 e. The molecule has 1 aromatic heterocycles. The second kappa shape index (κ2) is 5.95. The standard InChI is InChI=1S/C10H16N2O2S/c1-4-14-7(2)10-11-8(6-13-3)5-9(15)12-10/h5,7H,4,6H2,1-3H3,(H,11,12,15). The van der Waals surface area contributed by atoms with E-state index >= 15 is 0 Å². The van der Waals surface area contributed by atoms with E-state index in [4.69, 9.17) is 21.7 Å². The van der Waals surface area contributed by atoms with Crippen LogP contribution in [-0.2, 0) is 16.1 Å². The summed E-state index contributed by atoms with van der Waals surface area (Å²) in [5.74, 6) is 0.747. The topological polar surface area (TPSA) is 47.1 Å². The minimum Gasteiger partial charge on any atom is -0.378 e. The van der Waals surface area contributed by atoms with Crippen LogP contribution in [-0.4, -0.2) is 23.7 Å². The molecule has 1 rings (SSSR count). The molecule has 0 radical (unpaired) electrons. The molecule has 1 unspecified atom stereocenters. The second-order valence-corrected chi connectivity index (χ2v) is 3.58. The number of aromatic nitrogens is 2. The third kappa shape index (κ3) is 3.70. The molecule has 0 bridgehead atoms. The predicted octanol–water partition coefficient (Wildman–Crippen LogP) is 2.38. The first-order chi connectivity index (χ1) is 7.17. The zero-order valence-electron chi connectivity index (χ0n) is 9.24. The summed E-state index contributed by atoms with van der Waals surface area (Å²) in [4.78, 5) is 7.36. The molecule has 0 spiro atoms. The van der Waals surface area contributed by atoms with E-state index in [1.165, 1.54) is 0 Å². The van der Waals surface area contributed by atoms with Gasteiger partial charge in [-0.05, 0) is 19.9 Å². The van der Waals surface area contributed by atoms with E-state index in [0.29, 0.717) is 17.9 Å². The Morgan fingerprint density at radius 2 is 2.33 bits per heavy atom. The summed E-state index contributed by atoms with van der Waals surface area (Å²) in [6.45, 7) is 5.04. The summed E-state index contributed by atoms with van der Waals surface area (Å²) < 4.78 is 11.0. The molecule has 1 N–H and O–H groups in total. The molecule has 0 aromatic carbocycles. The number of H-pyrrole nitrogens is 1. The van der Waals surface area contributed by atoms with Crippen molar-refractivity contribution in [3.05, 3.63) is 22.2 Å². The van der Waals surface area contributed by atoms with E-state index < -0.39 is 0 Å². The highest BCUT2D eigenvalue weighted by Crippen LogP contribution is 2.12. The fraction of sp³-hybridized carbons (Fsp3) is 0.600. The second-order valence-electron chi connectivity index (χ2n) is 3.16. The van der Waals surface area contributed by atoms with Crippen LogP contribution in [0.4, 0.5) is 0 Å². The van der Waals surface area contributed by atoms with E-state index in [0.717, 1.165) is 11.5 Å². The Balaban J connectivity index is 2.92. The van der Waals surface area contributed by atoms with E-state index in [-0.39, 0.29) is 6.10 Å². The van der Waals surface area contributed by atoms with E-state index in [9.17, 15) is 0 Å². The third-order valence-corrected chi connectivity index (χ3v) is 2.13. The summed E-state index contributed by atoms with van der Waals surface area (Å²) in [5, 5.41) is 0. The molecule has 1 heterocycles. The Morgan fingerprint density at radius 1 is 1.60 bits per heavy atom. The van der Waals surface area contributed by atoms with Crippen LogP contribution in [0.15, 0.2) is 6.07 Å². The van der Waals surface area contributed by atoms with Gasteiger partial charge in [-0.2, -0.15) is 0 Å². The predicted molar refractivity (Wildman–Crippen MR) is 60.2 cm³/mol. The maximum Gasteiger partial charge on any atom is 0.136 e. The number of hydrogen-bond acceptors (Lipinski definition) is 4. The van der Waals surface area contributed by atoms with Gasteiger partial charge >= 0.3 is 0 Å². The van der Waals surface area contributed by atoms with Gasteiger partial charge in [-0.1, -0.05) is 12.2 Å². The third-order valence-electron chi connectivity index (χ3n) is 1.92. The summed E-state index contributed by atoms with van der Waals surface area (Å²) in [5.41, 5.74) is 0.916. The van der Waals surface area contributed by atoms with Crippen LogP contribution in [0.1, 0.15) is 31.5 Å². The van der Waals surface area contributed by atoms with Crippen molar-refractivity contribution in [2.75, 3.05) is 13.7 Å². The van der Waals surface area contributed by atoms with Crippen molar-refractivity contribution in [3.63, 3.8) is 0 Å². The molecule has 4 nitrogen and oxygen atoms in total. The number of aromatic amines is 1. The fourth-order valence-corrected chi connectivity index (χ4v) is 1.52. The van der Waals surface area contributed by atoms with Gasteiger partial charge in [0.05, 0.1) is 6.61 Å². The van der Waals surface area contributed by atoms with Gasteiger partial charge in [-0.15, -0.1) is 0 Å². The van der Waals surface area contributed by atoms with Crippen LogP contribution >= 0.6 is 12.2 Å². The van der Waals surface area contributed by atoms with Crippen molar-refractivity contribution in [2.24, 2.45) is 0 Å². The minimum absolute atomic E-state index is 0.0755. The lowest BCUT2D eigenvalue weighted by atomic mass is 10.3. The molecule has 0 saturated carbocycles. The van der Waals surface area contributed by atoms with Crippen molar-refractivity contribution >= 4 is 12.2 Å². The van der Waals surface area contributed by atoms with Gasteiger partial charge in [0.15, 0.2) is 0 Å². The summed E-state index contributed by atoms with van der Waals surface area (Å²) in [7, 11) is 1.64. The Bertz CT molecular complexity index is 365. The van der Waals surface area contributed by atoms with E-state index in [2.05, 4.69) is 9.97 Å². The molecule has 1 atom stereocenters. The van der Waals surface area contributed by atoms with E-state index in [1.54, 1.807) is 13.2 Å². The van der Waals surface area contributed by atoms with Crippen molar-refractivity contribution in [1.29, 1.82) is 0 Å². The average molecular weight is 228 g/mol. The highest BCUT2D eigenvalue weighted by molar-refractivity contribution is 7.71. The zero-order valence-corrected chi connectivity index (χ0v) is 10.1. The number of nitrogens with zero attached hydrogens (tertiary/aromatic N) is 1. The monoisotopic (exact) mass is 228 g/mol. The van der Waals surface area contributed by atoms with Crippen LogP contribution < -0.4 is 0 Å². The van der Waals surface area contributed by atoms with Crippen LogP contribution in [0.2, 0.25) is 0 Å². The highest BCUT2D eigenvalue weighted by Gasteiger charge is 2.08. The highest BCUT2D eigenvalue weighted by atomic mass is 32.1. The number of rotatable bonds is 5. The van der Waals surface area contributed by atoms with Gasteiger partial charge in [-0.3, -0.25) is 0 Å². The molecule has 0 aliphatic heterocycles. The molecular formula is C10H16N2O2S. The SMILES string of the molecule is CCOC(C)c1nc(=S)cc(COC)[nH]1. The first-order valence-corrected chi connectivity index (χ1v) is 5.28. The Labute approximate surface area is 94.6 Å². The van der Waals surface area contributed by atoms with Gasteiger partial charge in [0, 0.05) is 19.4 Å². The zero-order chi connectivity index (χ0) is 11.3. The summed E-state index contributed by atoms with van der Waals surface area (Å²) >= 11 is 5.06. The summed E-state index contributed by atoms with van der Waals surface area (Å²) in [6.07, 6.45) is -0.0755. The van der Waals surface area contributed by atoms with Crippen molar-refractivity contribution in [3.8, 4) is 0 Å². The van der Waals surface area contributed by atoms with Gasteiger partial charge in [0.1, 0.15) is 16.6 Å². The quantitative estimate of drug-likeness (QED) is 0.786. The van der Waals surface area contributed by atoms with Crippen LogP contribution in [0.5, 0.6) is 0 Å². The van der Waals surface area contributed by atoms with Crippen molar-refractivity contribution in [2.45, 2.75) is 26.6 Å². The van der Waals surface area contributed by atoms with Gasteiger partial charge < -0.3 is 14.5 Å². The van der Waals surface area contributed by atoms with Crippen LogP contribution in [0, 0.1) is 4.64 Å².